The van der Waals surface area contributed by atoms with Gasteiger partial charge in [-0.15, -0.1) is 0 Å². The van der Waals surface area contributed by atoms with Crippen molar-refractivity contribution in [2.24, 2.45) is 0 Å². The Balaban J connectivity index is 2.86. The highest BCUT2D eigenvalue weighted by atomic mass is 19.4. The minimum atomic E-state index is -4.64. The Morgan fingerprint density at radius 1 is 1.35 bits per heavy atom. The molecular weight excluding hydrogens is 279 g/mol. The predicted molar refractivity (Wildman–Crippen MR) is 65.3 cm³/mol. The Kier molecular flexibility index (Phi) is 4.89. The molecule has 110 valence electrons. The van der Waals surface area contributed by atoms with Crippen LogP contribution in [0.15, 0.2) is 18.2 Å². The van der Waals surface area contributed by atoms with Gasteiger partial charge in [0.15, 0.2) is 0 Å². The maximum absolute atomic E-state index is 12.5. The fourth-order valence-corrected chi connectivity index (χ4v) is 1.44. The molecule has 0 spiro atoms. The smallest absolute Gasteiger partial charge is 0.378 e. The van der Waals surface area contributed by atoms with Crippen molar-refractivity contribution in [1.29, 1.82) is 0 Å². The van der Waals surface area contributed by atoms with Crippen LogP contribution in [0.5, 0.6) is 0 Å². The number of nitro benzene ring substituents is 1. The number of anilines is 1. The number of amides is 1. The maximum atomic E-state index is 12.5. The monoisotopic (exact) mass is 291 g/mol. The van der Waals surface area contributed by atoms with Crippen molar-refractivity contribution in [3.8, 4) is 0 Å². The number of nitro groups is 1. The van der Waals surface area contributed by atoms with Crippen molar-refractivity contribution >= 4 is 17.3 Å². The van der Waals surface area contributed by atoms with Crippen molar-refractivity contribution in [2.45, 2.75) is 13.1 Å². The van der Waals surface area contributed by atoms with Gasteiger partial charge in [0.1, 0.15) is 5.69 Å². The number of nitrogens with one attached hydrogen (secondary N) is 2. The van der Waals surface area contributed by atoms with Crippen LogP contribution in [0.25, 0.3) is 0 Å². The van der Waals surface area contributed by atoms with Crippen LogP contribution in [-0.4, -0.2) is 23.9 Å². The molecule has 0 radical (unpaired) electrons. The lowest BCUT2D eigenvalue weighted by Crippen LogP contribution is -2.26. The molecule has 1 aromatic carbocycles. The number of hydrogen-bond donors (Lipinski definition) is 2. The van der Waals surface area contributed by atoms with Crippen LogP contribution in [0.4, 0.5) is 24.5 Å². The lowest BCUT2D eigenvalue weighted by Gasteiger charge is -2.10. The molecule has 1 rings (SSSR count). The van der Waals surface area contributed by atoms with E-state index in [0.29, 0.717) is 6.07 Å². The van der Waals surface area contributed by atoms with E-state index < -0.39 is 22.4 Å². The molecule has 9 heteroatoms. The normalized spacial score (nSPS) is 11.0. The van der Waals surface area contributed by atoms with Crippen LogP contribution in [-0.2, 0) is 11.0 Å². The summed E-state index contributed by atoms with van der Waals surface area (Å²) in [5, 5.41) is 15.8. The van der Waals surface area contributed by atoms with E-state index in [9.17, 15) is 28.1 Å². The van der Waals surface area contributed by atoms with E-state index in [0.717, 1.165) is 12.1 Å². The van der Waals surface area contributed by atoms with E-state index in [-0.39, 0.29) is 24.7 Å². The van der Waals surface area contributed by atoms with E-state index in [4.69, 9.17) is 0 Å². The molecule has 0 heterocycles. The molecule has 0 aliphatic carbocycles. The summed E-state index contributed by atoms with van der Waals surface area (Å²) in [5.74, 6) is -0.270. The molecule has 2 N–H and O–H groups in total. The third-order valence-corrected chi connectivity index (χ3v) is 2.34. The molecule has 0 atom stereocenters. The minimum absolute atomic E-state index is 0.0339. The first-order chi connectivity index (χ1) is 9.21. The molecule has 0 saturated carbocycles. The zero-order chi connectivity index (χ0) is 15.3. The fourth-order valence-electron chi connectivity index (χ4n) is 1.44. The van der Waals surface area contributed by atoms with Crippen LogP contribution in [0.1, 0.15) is 12.5 Å². The van der Waals surface area contributed by atoms with Gasteiger partial charge < -0.3 is 10.6 Å². The van der Waals surface area contributed by atoms with E-state index in [1.165, 1.54) is 6.92 Å². The molecule has 0 aliphatic heterocycles. The number of nitrogens with zero attached hydrogens (tertiary/aromatic N) is 1. The molecule has 0 fully saturated rings. The zero-order valence-electron chi connectivity index (χ0n) is 10.5. The Hall–Kier alpha value is -2.32. The van der Waals surface area contributed by atoms with Crippen LogP contribution < -0.4 is 10.6 Å². The van der Waals surface area contributed by atoms with Gasteiger partial charge in [-0.1, -0.05) is 0 Å². The topological polar surface area (TPSA) is 84.3 Å². The predicted octanol–water partition coefficient (Wildman–Crippen LogP) is 2.16. The molecule has 20 heavy (non-hydrogen) atoms. The van der Waals surface area contributed by atoms with E-state index in [2.05, 4.69) is 10.6 Å². The van der Waals surface area contributed by atoms with Crippen molar-refractivity contribution < 1.29 is 22.9 Å². The van der Waals surface area contributed by atoms with E-state index in [1.54, 1.807) is 0 Å². The van der Waals surface area contributed by atoms with Gasteiger partial charge in [-0.05, 0) is 12.1 Å². The van der Waals surface area contributed by atoms with Crippen molar-refractivity contribution in [1.82, 2.24) is 5.32 Å². The summed E-state index contributed by atoms with van der Waals surface area (Å²) in [6, 6.07) is 2.23. The third-order valence-electron chi connectivity index (χ3n) is 2.34. The number of carbonyl (C=O) groups excluding carboxylic acids is 1. The Labute approximate surface area is 112 Å². The summed E-state index contributed by atoms with van der Waals surface area (Å²) in [4.78, 5) is 20.5. The van der Waals surface area contributed by atoms with Crippen LogP contribution >= 0.6 is 0 Å². The Morgan fingerprint density at radius 3 is 2.50 bits per heavy atom. The average molecular weight is 291 g/mol. The van der Waals surface area contributed by atoms with Gasteiger partial charge in [-0.25, -0.2) is 0 Å². The molecule has 0 aromatic heterocycles. The number of rotatable bonds is 5. The maximum Gasteiger partial charge on any atom is 0.416 e. The molecule has 0 saturated heterocycles. The highest BCUT2D eigenvalue weighted by Gasteiger charge is 2.32. The highest BCUT2D eigenvalue weighted by Crippen LogP contribution is 2.34. The largest absolute Gasteiger partial charge is 0.416 e. The van der Waals surface area contributed by atoms with Crippen LogP contribution in [0.3, 0.4) is 0 Å². The zero-order valence-corrected chi connectivity index (χ0v) is 10.5. The van der Waals surface area contributed by atoms with Crippen molar-refractivity contribution in [3.63, 3.8) is 0 Å². The lowest BCUT2D eigenvalue weighted by atomic mass is 10.1. The molecular formula is C11H12F3N3O3. The SMILES string of the molecule is CC(=O)NCCNc1ccc(C(F)(F)F)cc1[N+](=O)[O-]. The average Bonchev–Trinajstić information content (AvgIpc) is 2.33. The fraction of sp³-hybridized carbons (Fsp3) is 0.364. The van der Waals surface area contributed by atoms with E-state index in [1.807, 2.05) is 0 Å². The Morgan fingerprint density at radius 2 is 2.00 bits per heavy atom. The lowest BCUT2D eigenvalue weighted by molar-refractivity contribution is -0.384. The van der Waals surface area contributed by atoms with Gasteiger partial charge in [-0.3, -0.25) is 14.9 Å². The van der Waals surface area contributed by atoms with Gasteiger partial charge in [0.2, 0.25) is 5.91 Å². The summed E-state index contributed by atoms with van der Waals surface area (Å²) in [5.41, 5.74) is -1.78. The van der Waals surface area contributed by atoms with Gasteiger partial charge in [0, 0.05) is 26.1 Å². The van der Waals surface area contributed by atoms with Crippen molar-refractivity contribution in [3.05, 3.63) is 33.9 Å². The number of carbonyl (C=O) groups is 1. The first kappa shape index (κ1) is 15.7. The highest BCUT2D eigenvalue weighted by molar-refractivity contribution is 5.72. The Bertz CT molecular complexity index is 517. The van der Waals surface area contributed by atoms with Gasteiger partial charge >= 0.3 is 6.18 Å². The summed E-state index contributed by atoms with van der Waals surface area (Å²) in [6.45, 7) is 1.67. The second-order valence-electron chi connectivity index (χ2n) is 3.90. The second kappa shape index (κ2) is 6.22. The third kappa shape index (κ3) is 4.41. The summed E-state index contributed by atoms with van der Waals surface area (Å²) in [7, 11) is 0. The summed E-state index contributed by atoms with van der Waals surface area (Å²) < 4.78 is 37.4. The van der Waals surface area contributed by atoms with Gasteiger partial charge in [0.05, 0.1) is 10.5 Å². The van der Waals surface area contributed by atoms with Crippen molar-refractivity contribution in [2.75, 3.05) is 18.4 Å². The van der Waals surface area contributed by atoms with Crippen LogP contribution in [0, 0.1) is 10.1 Å². The molecule has 0 unspecified atom stereocenters. The van der Waals surface area contributed by atoms with E-state index >= 15 is 0 Å². The van der Waals surface area contributed by atoms with Gasteiger partial charge in [-0.2, -0.15) is 13.2 Å². The minimum Gasteiger partial charge on any atom is -0.378 e. The number of hydrogen-bond acceptors (Lipinski definition) is 4. The van der Waals surface area contributed by atoms with Crippen LogP contribution in [0.2, 0.25) is 0 Å². The standard InChI is InChI=1S/C11H12F3N3O3/c1-7(18)15-4-5-16-9-3-2-8(11(12,13)14)6-10(9)17(19)20/h2-3,6,16H,4-5H2,1H3,(H,15,18). The molecule has 1 aromatic rings. The van der Waals surface area contributed by atoms with Gasteiger partial charge in [0.25, 0.3) is 5.69 Å². The summed E-state index contributed by atoms with van der Waals surface area (Å²) in [6.07, 6.45) is -4.64. The number of halogens is 3. The second-order valence-corrected chi connectivity index (χ2v) is 3.90. The molecule has 0 aliphatic rings. The molecule has 1 amide bonds. The molecule has 0 bridgehead atoms. The number of benzene rings is 1. The first-order valence-corrected chi connectivity index (χ1v) is 5.55. The first-order valence-electron chi connectivity index (χ1n) is 5.55. The quantitative estimate of drug-likeness (QED) is 0.494. The number of alkyl halides is 3. The molecule has 6 nitrogen and oxygen atoms in total. The summed E-state index contributed by atoms with van der Waals surface area (Å²) >= 11 is 0.